The Bertz CT molecular complexity index is 1250. The molecule has 0 atom stereocenters. The molecule has 0 fully saturated rings. The van der Waals surface area contributed by atoms with Crippen LogP contribution in [0.1, 0.15) is 24.0 Å². The minimum absolute atomic E-state index is 0.464. The Kier molecular flexibility index (Phi) is 15.2. The summed E-state index contributed by atoms with van der Waals surface area (Å²) in [5, 5.41) is 17.4. The summed E-state index contributed by atoms with van der Waals surface area (Å²) in [7, 11) is 1.84. The summed E-state index contributed by atoms with van der Waals surface area (Å²) in [5.41, 5.74) is 5.64. The first kappa shape index (κ1) is 32.6. The van der Waals surface area contributed by atoms with Crippen LogP contribution in [0.3, 0.4) is 0 Å². The fourth-order valence-electron chi connectivity index (χ4n) is 3.61. The molecule has 208 valence electrons. The second-order valence-corrected chi connectivity index (χ2v) is 9.77. The van der Waals surface area contributed by atoms with Crippen molar-refractivity contribution in [3.8, 4) is 22.6 Å². The standard InChI is InChI=1S/C17H18O.C10H11Br.C7H9BO3/c1-3-4-5-14-6-8-15(9-7-14)16-10-12-17(18-2)13-11-16;1-2-3-4-9-5-7-10(11)8-6-9;1-11-7-4-2-6(3-5-7)8(9)10/h3,6-13H,1,4-5H2,2H3;2,5-8H,1,3-4H2;2-5,9-10H,1H3. The van der Waals surface area contributed by atoms with Gasteiger partial charge in [-0.1, -0.05) is 88.7 Å². The number of hydrogen-bond acceptors (Lipinski definition) is 4. The monoisotopic (exact) mass is 600 g/mol. The molecule has 0 heterocycles. The van der Waals surface area contributed by atoms with Gasteiger partial charge in [0.2, 0.25) is 0 Å². The molecule has 0 aliphatic carbocycles. The predicted molar refractivity (Wildman–Crippen MR) is 172 cm³/mol. The molecule has 0 saturated carbocycles. The highest BCUT2D eigenvalue weighted by molar-refractivity contribution is 9.10. The quantitative estimate of drug-likeness (QED) is 0.147. The average Bonchev–Trinajstić information content (AvgIpc) is 3.01. The molecular formula is C34H38BBrO4. The second kappa shape index (κ2) is 18.7. The summed E-state index contributed by atoms with van der Waals surface area (Å²) in [6.07, 6.45) is 8.14. The van der Waals surface area contributed by atoms with Gasteiger partial charge in [-0.2, -0.15) is 0 Å². The van der Waals surface area contributed by atoms with E-state index in [9.17, 15) is 0 Å². The molecular weight excluding hydrogens is 563 g/mol. The lowest BCUT2D eigenvalue weighted by Crippen LogP contribution is -2.29. The Balaban J connectivity index is 0.000000222. The topological polar surface area (TPSA) is 58.9 Å². The van der Waals surface area contributed by atoms with Crippen LogP contribution in [0.4, 0.5) is 0 Å². The van der Waals surface area contributed by atoms with Gasteiger partial charge in [0.05, 0.1) is 14.2 Å². The Morgan fingerprint density at radius 3 is 1.38 bits per heavy atom. The highest BCUT2D eigenvalue weighted by atomic mass is 79.9. The summed E-state index contributed by atoms with van der Waals surface area (Å²) in [4.78, 5) is 0. The molecule has 0 aliphatic rings. The van der Waals surface area contributed by atoms with Crippen molar-refractivity contribution in [2.75, 3.05) is 14.2 Å². The minimum atomic E-state index is -1.40. The van der Waals surface area contributed by atoms with Crippen LogP contribution in [0.2, 0.25) is 0 Å². The summed E-state index contributed by atoms with van der Waals surface area (Å²) < 4.78 is 11.2. The second-order valence-electron chi connectivity index (χ2n) is 8.85. The Morgan fingerprint density at radius 1 is 0.625 bits per heavy atom. The number of rotatable bonds is 10. The smallest absolute Gasteiger partial charge is 0.488 e. The molecule has 6 heteroatoms. The Labute approximate surface area is 247 Å². The van der Waals surface area contributed by atoms with Gasteiger partial charge in [-0.05, 0) is 89.8 Å². The molecule has 0 aliphatic heterocycles. The van der Waals surface area contributed by atoms with E-state index in [0.717, 1.165) is 35.9 Å². The molecule has 4 rings (SSSR count). The molecule has 4 nitrogen and oxygen atoms in total. The first-order valence-corrected chi connectivity index (χ1v) is 13.9. The van der Waals surface area contributed by atoms with E-state index in [-0.39, 0.29) is 0 Å². The number of benzene rings is 4. The maximum atomic E-state index is 8.70. The van der Waals surface area contributed by atoms with Crippen LogP contribution in [0.15, 0.2) is 127 Å². The molecule has 40 heavy (non-hydrogen) atoms. The summed E-state index contributed by atoms with van der Waals surface area (Å²) in [6, 6.07) is 31.8. The fourth-order valence-corrected chi connectivity index (χ4v) is 3.88. The van der Waals surface area contributed by atoms with Gasteiger partial charge in [-0.25, -0.2) is 0 Å². The maximum absolute atomic E-state index is 8.70. The van der Waals surface area contributed by atoms with Gasteiger partial charge in [-0.3, -0.25) is 0 Å². The maximum Gasteiger partial charge on any atom is 0.488 e. The highest BCUT2D eigenvalue weighted by Gasteiger charge is 2.09. The van der Waals surface area contributed by atoms with E-state index in [0.29, 0.717) is 11.2 Å². The Morgan fingerprint density at radius 2 is 1.00 bits per heavy atom. The zero-order chi connectivity index (χ0) is 29.2. The van der Waals surface area contributed by atoms with Crippen LogP contribution in [0.25, 0.3) is 11.1 Å². The third-order valence-corrected chi connectivity index (χ3v) is 6.51. The molecule has 0 spiro atoms. The number of ether oxygens (including phenoxy) is 2. The summed E-state index contributed by atoms with van der Waals surface area (Å²) in [5.74, 6) is 1.59. The zero-order valence-corrected chi connectivity index (χ0v) is 24.9. The lowest BCUT2D eigenvalue weighted by molar-refractivity contribution is 0.414. The Hall–Kier alpha value is -3.58. The van der Waals surface area contributed by atoms with Gasteiger partial charge in [0.1, 0.15) is 11.5 Å². The molecule has 0 bridgehead atoms. The van der Waals surface area contributed by atoms with Crippen molar-refractivity contribution in [3.05, 3.63) is 138 Å². The van der Waals surface area contributed by atoms with E-state index in [1.807, 2.05) is 24.3 Å². The molecule has 0 aromatic heterocycles. The first-order chi connectivity index (χ1) is 19.4. The van der Waals surface area contributed by atoms with Crippen molar-refractivity contribution in [2.24, 2.45) is 0 Å². The molecule has 4 aromatic carbocycles. The lowest BCUT2D eigenvalue weighted by atomic mass is 9.80. The first-order valence-electron chi connectivity index (χ1n) is 13.1. The summed E-state index contributed by atoms with van der Waals surface area (Å²) in [6.45, 7) is 7.43. The van der Waals surface area contributed by atoms with E-state index in [1.165, 1.54) is 22.3 Å². The van der Waals surface area contributed by atoms with Crippen LogP contribution < -0.4 is 14.9 Å². The zero-order valence-electron chi connectivity index (χ0n) is 23.3. The number of aryl methyl sites for hydroxylation is 2. The van der Waals surface area contributed by atoms with Crippen molar-refractivity contribution >= 4 is 28.5 Å². The van der Waals surface area contributed by atoms with Crippen LogP contribution >= 0.6 is 15.9 Å². The predicted octanol–water partition coefficient (Wildman–Crippen LogP) is 7.42. The molecule has 0 saturated heterocycles. The van der Waals surface area contributed by atoms with Crippen molar-refractivity contribution < 1.29 is 19.5 Å². The third-order valence-electron chi connectivity index (χ3n) is 5.98. The van der Waals surface area contributed by atoms with Gasteiger partial charge in [0.25, 0.3) is 0 Å². The van der Waals surface area contributed by atoms with Gasteiger partial charge < -0.3 is 19.5 Å². The van der Waals surface area contributed by atoms with Crippen LogP contribution in [-0.2, 0) is 12.8 Å². The van der Waals surface area contributed by atoms with Crippen molar-refractivity contribution in [1.29, 1.82) is 0 Å². The summed E-state index contributed by atoms with van der Waals surface area (Å²) >= 11 is 3.39. The third kappa shape index (κ3) is 12.1. The van der Waals surface area contributed by atoms with Gasteiger partial charge in [-0.15, -0.1) is 13.2 Å². The number of allylic oxidation sites excluding steroid dienone is 2. The van der Waals surface area contributed by atoms with E-state index in [2.05, 4.69) is 89.8 Å². The van der Waals surface area contributed by atoms with Gasteiger partial charge >= 0.3 is 7.12 Å². The van der Waals surface area contributed by atoms with E-state index in [1.54, 1.807) is 38.5 Å². The van der Waals surface area contributed by atoms with E-state index < -0.39 is 7.12 Å². The number of halogens is 1. The molecule has 2 N–H and O–H groups in total. The molecule has 0 amide bonds. The van der Waals surface area contributed by atoms with Crippen LogP contribution in [-0.4, -0.2) is 31.4 Å². The molecule has 4 aromatic rings. The number of methoxy groups -OCH3 is 2. The van der Waals surface area contributed by atoms with E-state index >= 15 is 0 Å². The van der Waals surface area contributed by atoms with Crippen LogP contribution in [0.5, 0.6) is 11.5 Å². The van der Waals surface area contributed by atoms with Crippen molar-refractivity contribution in [2.45, 2.75) is 25.7 Å². The molecule has 0 radical (unpaired) electrons. The van der Waals surface area contributed by atoms with E-state index in [4.69, 9.17) is 19.5 Å². The highest BCUT2D eigenvalue weighted by Crippen LogP contribution is 2.23. The molecule has 0 unspecified atom stereocenters. The fraction of sp³-hybridized carbons (Fsp3) is 0.176. The largest absolute Gasteiger partial charge is 0.497 e. The number of hydrogen-bond donors (Lipinski definition) is 2. The van der Waals surface area contributed by atoms with Crippen LogP contribution in [0, 0.1) is 0 Å². The van der Waals surface area contributed by atoms with Gasteiger partial charge in [0, 0.05) is 4.47 Å². The van der Waals surface area contributed by atoms with Gasteiger partial charge in [0.15, 0.2) is 0 Å². The minimum Gasteiger partial charge on any atom is -0.497 e. The normalized spacial score (nSPS) is 9.72. The average molecular weight is 601 g/mol. The van der Waals surface area contributed by atoms with Crippen molar-refractivity contribution in [1.82, 2.24) is 0 Å². The lowest BCUT2D eigenvalue weighted by Gasteiger charge is -2.05. The SMILES string of the molecule is C=CCCc1ccc(-c2ccc(OC)cc2)cc1.C=CCCc1ccc(Br)cc1.COc1ccc(B(O)O)cc1. The van der Waals surface area contributed by atoms with Crippen molar-refractivity contribution in [3.63, 3.8) is 0 Å².